The van der Waals surface area contributed by atoms with Crippen molar-refractivity contribution in [2.45, 2.75) is 45.7 Å². The number of aryl methyl sites for hydroxylation is 3. The Balaban J connectivity index is 0.000000174. The molecule has 6 rings (SSSR count). The van der Waals surface area contributed by atoms with Crippen LogP contribution in [0.1, 0.15) is 50.1 Å². The fourth-order valence-electron chi connectivity index (χ4n) is 4.99. The van der Waals surface area contributed by atoms with Crippen LogP contribution in [-0.4, -0.2) is 50.5 Å². The van der Waals surface area contributed by atoms with Crippen LogP contribution >= 0.6 is 11.3 Å². The number of nitrogens with two attached hydrogens (primary N) is 1. The van der Waals surface area contributed by atoms with Crippen LogP contribution in [0.2, 0.25) is 0 Å². The predicted molar refractivity (Wildman–Crippen MR) is 138 cm³/mol. The van der Waals surface area contributed by atoms with Crippen molar-refractivity contribution in [2.75, 3.05) is 6.54 Å². The topological polar surface area (TPSA) is 123 Å². The van der Waals surface area contributed by atoms with Gasteiger partial charge in [0.25, 0.3) is 5.91 Å². The van der Waals surface area contributed by atoms with Crippen molar-refractivity contribution >= 4 is 34.3 Å². The van der Waals surface area contributed by atoms with Gasteiger partial charge in [-0.15, -0.1) is 11.3 Å². The molecule has 1 saturated heterocycles. The number of aromatic carboxylic acids is 1. The Morgan fingerprint density at radius 2 is 1.92 bits per heavy atom. The number of oxazole rings is 1. The molecule has 0 bridgehead atoms. The minimum absolute atomic E-state index is 0.0614. The zero-order chi connectivity index (χ0) is 25.6. The maximum atomic E-state index is 13.2. The lowest BCUT2D eigenvalue weighted by atomic mass is 10.1. The molecule has 36 heavy (non-hydrogen) atoms. The van der Waals surface area contributed by atoms with Gasteiger partial charge in [-0.3, -0.25) is 4.79 Å². The minimum Gasteiger partial charge on any atom is -0.478 e. The third-order valence-corrected chi connectivity index (χ3v) is 7.71. The van der Waals surface area contributed by atoms with Crippen molar-refractivity contribution in [1.29, 1.82) is 0 Å². The largest absolute Gasteiger partial charge is 0.478 e. The quantitative estimate of drug-likeness (QED) is 0.408. The molecule has 9 heteroatoms. The van der Waals surface area contributed by atoms with Gasteiger partial charge in [0.15, 0.2) is 11.5 Å². The van der Waals surface area contributed by atoms with E-state index in [0.717, 1.165) is 28.3 Å². The molecule has 3 N–H and O–H groups in total. The number of likely N-dealkylation sites (tertiary alicyclic amines) is 1. The molecule has 2 aromatic heterocycles. The van der Waals surface area contributed by atoms with Crippen molar-refractivity contribution in [3.63, 3.8) is 0 Å². The van der Waals surface area contributed by atoms with Crippen molar-refractivity contribution in [2.24, 2.45) is 11.7 Å². The van der Waals surface area contributed by atoms with Crippen LogP contribution in [0.5, 0.6) is 0 Å². The highest BCUT2D eigenvalue weighted by molar-refractivity contribution is 7.15. The van der Waals surface area contributed by atoms with Crippen LogP contribution in [0.15, 0.2) is 46.9 Å². The third-order valence-electron chi connectivity index (χ3n) is 6.69. The number of thiazole rings is 1. The second-order valence-corrected chi connectivity index (χ2v) is 10.6. The van der Waals surface area contributed by atoms with E-state index < -0.39 is 5.97 Å². The van der Waals surface area contributed by atoms with Gasteiger partial charge in [-0.25, -0.2) is 14.8 Å². The fourth-order valence-corrected chi connectivity index (χ4v) is 5.90. The average molecular weight is 505 g/mol. The number of hydrogen-bond donors (Lipinski definition) is 2. The van der Waals surface area contributed by atoms with E-state index in [0.29, 0.717) is 41.2 Å². The van der Waals surface area contributed by atoms with Crippen LogP contribution in [0.4, 0.5) is 0 Å². The summed E-state index contributed by atoms with van der Waals surface area (Å²) in [5.41, 5.74) is 9.83. The molecule has 3 heterocycles. The Kier molecular flexibility index (Phi) is 6.36. The molecule has 0 radical (unpaired) electrons. The van der Waals surface area contributed by atoms with E-state index >= 15 is 0 Å². The number of carbonyl (C=O) groups is 2. The number of nitrogens with zero attached hydrogens (tertiary/aromatic N) is 3. The number of rotatable bonds is 4. The predicted octanol–water partition coefficient (Wildman–Crippen LogP) is 4.82. The molecule has 8 nitrogen and oxygen atoms in total. The highest BCUT2D eigenvalue weighted by Gasteiger charge is 2.54. The highest BCUT2D eigenvalue weighted by atomic mass is 32.1. The van der Waals surface area contributed by atoms with Crippen molar-refractivity contribution < 1.29 is 19.1 Å². The first kappa shape index (κ1) is 24.1. The van der Waals surface area contributed by atoms with Gasteiger partial charge in [0.1, 0.15) is 16.8 Å². The van der Waals surface area contributed by atoms with E-state index in [-0.39, 0.29) is 17.5 Å². The Morgan fingerprint density at radius 1 is 1.14 bits per heavy atom. The molecule has 0 spiro atoms. The molecule has 2 fully saturated rings. The molecule has 1 aliphatic heterocycles. The molecule has 0 unspecified atom stereocenters. The molecule has 4 aromatic rings. The van der Waals surface area contributed by atoms with E-state index in [9.17, 15) is 9.59 Å². The smallest absolute Gasteiger partial charge is 0.339 e. The molecule has 1 aliphatic carbocycles. The first-order valence-electron chi connectivity index (χ1n) is 11.9. The number of carboxylic acid groups (broad SMARTS) is 1. The maximum Gasteiger partial charge on any atom is 0.339 e. The van der Waals surface area contributed by atoms with Crippen LogP contribution in [0.3, 0.4) is 0 Å². The van der Waals surface area contributed by atoms with Crippen LogP contribution in [0.25, 0.3) is 21.5 Å². The van der Waals surface area contributed by atoms with E-state index in [1.807, 2.05) is 17.9 Å². The van der Waals surface area contributed by atoms with Crippen molar-refractivity contribution in [3.8, 4) is 10.4 Å². The Hall–Kier alpha value is -3.56. The van der Waals surface area contributed by atoms with E-state index in [2.05, 4.69) is 35.1 Å². The molecule has 1 saturated carbocycles. The average Bonchev–Trinajstić information content (AvgIpc) is 3.16. The fraction of sp³-hybridized carbons (Fsp3) is 0.333. The SMILES string of the molecule is Cc1cccc(-c2sc(C)nc2C(=O)N2[C@H](CN)C[C@@H]3C[C@@H]32)c1.Cc1nc2cccc(C(=O)O)c2o1. The molecular formula is C27H28N4O4S. The number of amides is 1. The number of carboxylic acids is 1. The third kappa shape index (κ3) is 4.52. The summed E-state index contributed by atoms with van der Waals surface area (Å²) in [5, 5.41) is 9.74. The molecule has 2 aromatic carbocycles. The zero-order valence-electron chi connectivity index (χ0n) is 20.4. The lowest BCUT2D eigenvalue weighted by Crippen LogP contribution is -2.42. The summed E-state index contributed by atoms with van der Waals surface area (Å²) < 4.78 is 5.17. The molecular weight excluding hydrogens is 476 g/mol. The summed E-state index contributed by atoms with van der Waals surface area (Å²) in [7, 11) is 0. The van der Waals surface area contributed by atoms with Gasteiger partial charge in [-0.05, 0) is 50.3 Å². The Bertz CT molecular complexity index is 1460. The van der Waals surface area contributed by atoms with Gasteiger partial charge >= 0.3 is 5.97 Å². The number of para-hydroxylation sites is 1. The number of aromatic nitrogens is 2. The van der Waals surface area contributed by atoms with Gasteiger partial charge < -0.3 is 20.2 Å². The number of carbonyl (C=O) groups excluding carboxylic acids is 1. The van der Waals surface area contributed by atoms with Crippen LogP contribution in [0, 0.1) is 26.7 Å². The van der Waals surface area contributed by atoms with Gasteiger partial charge in [-0.2, -0.15) is 0 Å². The van der Waals surface area contributed by atoms with E-state index in [1.54, 1.807) is 30.4 Å². The first-order valence-corrected chi connectivity index (χ1v) is 12.7. The molecule has 2 aliphatic rings. The first-order chi connectivity index (χ1) is 17.3. The monoisotopic (exact) mass is 504 g/mol. The van der Waals surface area contributed by atoms with Gasteiger partial charge in [0.05, 0.1) is 9.88 Å². The Morgan fingerprint density at radius 3 is 2.64 bits per heavy atom. The highest BCUT2D eigenvalue weighted by Crippen LogP contribution is 2.48. The zero-order valence-corrected chi connectivity index (χ0v) is 21.2. The second-order valence-electron chi connectivity index (χ2n) is 9.37. The van der Waals surface area contributed by atoms with Crippen molar-refractivity contribution in [3.05, 3.63) is 70.2 Å². The summed E-state index contributed by atoms with van der Waals surface area (Å²) in [4.78, 5) is 35.5. The summed E-state index contributed by atoms with van der Waals surface area (Å²) in [6.07, 6.45) is 2.18. The maximum absolute atomic E-state index is 13.2. The van der Waals surface area contributed by atoms with Crippen LogP contribution in [-0.2, 0) is 0 Å². The number of benzene rings is 2. The van der Waals surface area contributed by atoms with Gasteiger partial charge in [0.2, 0.25) is 0 Å². The number of piperidine rings is 1. The summed E-state index contributed by atoms with van der Waals surface area (Å²) in [6.45, 7) is 6.26. The standard InChI is InChI=1S/C18H21N3OS.C9H7NO3/c1-10-4-3-5-12(6-10)17-16(20-11(2)23-17)18(22)21-14(9-19)7-13-8-15(13)21;1-5-10-7-4-2-3-6(9(11)12)8(7)13-5/h3-6,13-15H,7-9,19H2,1-2H3;2-4H,1H3,(H,11,12)/t13-,14+,15+;/m1./s1. The molecule has 186 valence electrons. The summed E-state index contributed by atoms with van der Waals surface area (Å²) in [6, 6.07) is 13.7. The lowest BCUT2D eigenvalue weighted by molar-refractivity contribution is 0.0690. The summed E-state index contributed by atoms with van der Waals surface area (Å²) >= 11 is 1.60. The Labute approximate surface area is 212 Å². The van der Waals surface area contributed by atoms with Crippen molar-refractivity contribution in [1.82, 2.24) is 14.9 Å². The normalized spacial score (nSPS) is 20.1. The van der Waals surface area contributed by atoms with Crippen LogP contribution < -0.4 is 5.73 Å². The van der Waals surface area contributed by atoms with E-state index in [1.165, 1.54) is 11.6 Å². The summed E-state index contributed by atoms with van der Waals surface area (Å²) in [5.74, 6) is 0.200. The van der Waals surface area contributed by atoms with E-state index in [4.69, 9.17) is 15.3 Å². The van der Waals surface area contributed by atoms with Gasteiger partial charge in [-0.1, -0.05) is 35.9 Å². The van der Waals surface area contributed by atoms with Gasteiger partial charge in [0, 0.05) is 25.6 Å². The number of hydrogen-bond acceptors (Lipinski definition) is 7. The molecule has 1 amide bonds. The second kappa shape index (κ2) is 9.48. The molecule has 3 atom stereocenters. The minimum atomic E-state index is -0.998. The number of fused-ring (bicyclic) bond motifs is 2. The lowest BCUT2D eigenvalue weighted by Gasteiger charge is -2.26.